The minimum Gasteiger partial charge on any atom is -0.497 e. The molecule has 6 heteroatoms. The summed E-state index contributed by atoms with van der Waals surface area (Å²) in [5, 5.41) is 3.53. The van der Waals surface area contributed by atoms with E-state index in [1.807, 2.05) is 61.5 Å². The maximum absolute atomic E-state index is 12.6. The van der Waals surface area contributed by atoms with Gasteiger partial charge in [0.2, 0.25) is 0 Å². The van der Waals surface area contributed by atoms with Gasteiger partial charge in [0.25, 0.3) is 5.91 Å². The highest BCUT2D eigenvalue weighted by Crippen LogP contribution is 2.29. The second-order valence-corrected chi connectivity index (χ2v) is 7.02. The van der Waals surface area contributed by atoms with Gasteiger partial charge in [-0.1, -0.05) is 35.9 Å². The summed E-state index contributed by atoms with van der Waals surface area (Å²) in [5.74, 6) is 1.32. The molecule has 0 fully saturated rings. The first-order valence-corrected chi connectivity index (χ1v) is 9.30. The van der Waals surface area contributed by atoms with Crippen LogP contribution in [-0.2, 0) is 0 Å². The quantitative estimate of drug-likeness (QED) is 0.629. The summed E-state index contributed by atoms with van der Waals surface area (Å²) in [6.07, 6.45) is 0. The van der Waals surface area contributed by atoms with Crippen LogP contribution in [0.4, 0.5) is 0 Å². The molecule has 0 saturated heterocycles. The zero-order valence-corrected chi connectivity index (χ0v) is 16.9. The van der Waals surface area contributed by atoms with E-state index in [2.05, 4.69) is 5.32 Å². The van der Waals surface area contributed by atoms with E-state index >= 15 is 0 Å². The molecule has 146 valence electrons. The SMILES string of the molecule is COc1cccc(C(CNC(=O)c2ccc(-c3ccccc3Cl)o2)N(C)C)c1. The summed E-state index contributed by atoms with van der Waals surface area (Å²) in [7, 11) is 5.58. The minimum absolute atomic E-state index is 0.00273. The molecule has 1 unspecified atom stereocenters. The maximum Gasteiger partial charge on any atom is 0.287 e. The largest absolute Gasteiger partial charge is 0.497 e. The van der Waals surface area contributed by atoms with Crippen molar-refractivity contribution in [2.24, 2.45) is 0 Å². The normalized spacial score (nSPS) is 12.0. The van der Waals surface area contributed by atoms with Gasteiger partial charge in [0, 0.05) is 12.1 Å². The van der Waals surface area contributed by atoms with E-state index in [9.17, 15) is 4.79 Å². The van der Waals surface area contributed by atoms with Crippen LogP contribution in [0.5, 0.6) is 5.75 Å². The van der Waals surface area contributed by atoms with Crippen LogP contribution in [0.2, 0.25) is 5.02 Å². The fraction of sp³-hybridized carbons (Fsp3) is 0.227. The number of hydrogen-bond donors (Lipinski definition) is 1. The lowest BCUT2D eigenvalue weighted by atomic mass is 10.1. The topological polar surface area (TPSA) is 54.7 Å². The maximum atomic E-state index is 12.6. The summed E-state index contributed by atoms with van der Waals surface area (Å²) in [4.78, 5) is 14.6. The first-order chi connectivity index (χ1) is 13.5. The van der Waals surface area contributed by atoms with E-state index in [1.165, 1.54) is 0 Å². The highest BCUT2D eigenvalue weighted by atomic mass is 35.5. The molecule has 0 aliphatic rings. The average molecular weight is 399 g/mol. The molecule has 5 nitrogen and oxygen atoms in total. The van der Waals surface area contributed by atoms with Crippen molar-refractivity contribution in [2.45, 2.75) is 6.04 Å². The molecule has 3 rings (SSSR count). The number of benzene rings is 2. The number of furan rings is 1. The highest BCUT2D eigenvalue weighted by Gasteiger charge is 2.18. The number of nitrogens with one attached hydrogen (secondary N) is 1. The summed E-state index contributed by atoms with van der Waals surface area (Å²) in [6.45, 7) is 0.432. The fourth-order valence-electron chi connectivity index (χ4n) is 2.99. The summed E-state index contributed by atoms with van der Waals surface area (Å²) < 4.78 is 11.0. The second-order valence-electron chi connectivity index (χ2n) is 6.61. The fourth-order valence-corrected chi connectivity index (χ4v) is 3.22. The molecule has 3 aromatic rings. The Balaban J connectivity index is 1.71. The monoisotopic (exact) mass is 398 g/mol. The molecule has 0 bridgehead atoms. The van der Waals surface area contributed by atoms with Gasteiger partial charge in [-0.3, -0.25) is 4.79 Å². The van der Waals surface area contributed by atoms with Gasteiger partial charge in [0.05, 0.1) is 18.2 Å². The molecule has 0 spiro atoms. The lowest BCUT2D eigenvalue weighted by molar-refractivity contribution is 0.0915. The molecule has 1 aromatic heterocycles. The van der Waals surface area contributed by atoms with E-state index in [0.29, 0.717) is 17.3 Å². The Morgan fingerprint density at radius 2 is 1.93 bits per heavy atom. The van der Waals surface area contributed by atoms with Gasteiger partial charge in [0.1, 0.15) is 11.5 Å². The number of methoxy groups -OCH3 is 1. The van der Waals surface area contributed by atoms with Gasteiger partial charge in [-0.2, -0.15) is 0 Å². The van der Waals surface area contributed by atoms with Crippen molar-refractivity contribution in [3.05, 3.63) is 77.0 Å². The number of carbonyl (C=O) groups is 1. The molecule has 2 aromatic carbocycles. The molecular formula is C22H23ClN2O3. The van der Waals surface area contributed by atoms with E-state index < -0.39 is 0 Å². The standard InChI is InChI=1S/C22H23ClN2O3/c1-25(2)19(15-7-6-8-16(13-15)27-3)14-24-22(26)21-12-11-20(28-21)17-9-4-5-10-18(17)23/h4-13,19H,14H2,1-3H3,(H,24,26). The molecule has 1 atom stereocenters. The first-order valence-electron chi connectivity index (χ1n) is 8.93. The Kier molecular flexibility index (Phi) is 6.39. The summed E-state index contributed by atoms with van der Waals surface area (Å²) in [6, 6.07) is 18.6. The Hall–Kier alpha value is -2.76. The van der Waals surface area contributed by atoms with Crippen LogP contribution in [-0.4, -0.2) is 38.6 Å². The molecule has 28 heavy (non-hydrogen) atoms. The number of amides is 1. The third-order valence-electron chi connectivity index (χ3n) is 4.53. The Bertz CT molecular complexity index is 952. The van der Waals surface area contributed by atoms with Crippen molar-refractivity contribution in [3.8, 4) is 17.1 Å². The van der Waals surface area contributed by atoms with E-state index in [-0.39, 0.29) is 17.7 Å². The lowest BCUT2D eigenvalue weighted by Crippen LogP contribution is -2.34. The van der Waals surface area contributed by atoms with E-state index in [1.54, 1.807) is 25.3 Å². The van der Waals surface area contributed by atoms with Crippen LogP contribution in [0.3, 0.4) is 0 Å². The molecule has 0 aliphatic heterocycles. The summed E-state index contributed by atoms with van der Waals surface area (Å²) in [5.41, 5.74) is 1.81. The summed E-state index contributed by atoms with van der Waals surface area (Å²) >= 11 is 6.20. The Labute approximate surface area is 169 Å². The van der Waals surface area contributed by atoms with Gasteiger partial charge < -0.3 is 19.4 Å². The van der Waals surface area contributed by atoms with E-state index in [4.69, 9.17) is 20.8 Å². The second kappa shape index (κ2) is 8.95. The van der Waals surface area contributed by atoms with Crippen LogP contribution in [0.15, 0.2) is 65.1 Å². The average Bonchev–Trinajstić information content (AvgIpc) is 3.18. The number of hydrogen-bond acceptors (Lipinski definition) is 4. The number of nitrogens with zero attached hydrogens (tertiary/aromatic N) is 1. The van der Waals surface area contributed by atoms with Crippen molar-refractivity contribution in [1.82, 2.24) is 10.2 Å². The van der Waals surface area contributed by atoms with Crippen molar-refractivity contribution in [2.75, 3.05) is 27.7 Å². The number of carbonyl (C=O) groups excluding carboxylic acids is 1. The first kappa shape index (κ1) is 20.0. The highest BCUT2D eigenvalue weighted by molar-refractivity contribution is 6.33. The molecule has 0 radical (unpaired) electrons. The zero-order valence-electron chi connectivity index (χ0n) is 16.1. The van der Waals surface area contributed by atoms with Crippen LogP contribution in [0.25, 0.3) is 11.3 Å². The van der Waals surface area contributed by atoms with Gasteiger partial charge in [-0.05, 0) is 56.1 Å². The van der Waals surface area contributed by atoms with Crippen molar-refractivity contribution in [1.29, 1.82) is 0 Å². The molecule has 0 saturated carbocycles. The molecule has 1 heterocycles. The van der Waals surface area contributed by atoms with Crippen LogP contribution >= 0.6 is 11.6 Å². The minimum atomic E-state index is -0.270. The number of likely N-dealkylation sites (N-methyl/N-ethyl adjacent to an activating group) is 1. The smallest absolute Gasteiger partial charge is 0.287 e. The third kappa shape index (κ3) is 4.55. The predicted octanol–water partition coefficient (Wildman–Crippen LogP) is 4.64. The van der Waals surface area contributed by atoms with Gasteiger partial charge in [-0.15, -0.1) is 0 Å². The molecule has 1 amide bonds. The zero-order chi connectivity index (χ0) is 20.1. The molecule has 0 aliphatic carbocycles. The van der Waals surface area contributed by atoms with Gasteiger partial charge in [0.15, 0.2) is 5.76 Å². The lowest BCUT2D eigenvalue weighted by Gasteiger charge is -2.25. The predicted molar refractivity (Wildman–Crippen MR) is 111 cm³/mol. The number of ether oxygens (including phenoxy) is 1. The number of halogens is 1. The van der Waals surface area contributed by atoms with Crippen molar-refractivity contribution < 1.29 is 13.9 Å². The Morgan fingerprint density at radius 3 is 2.64 bits per heavy atom. The van der Waals surface area contributed by atoms with Crippen molar-refractivity contribution >= 4 is 17.5 Å². The molecule has 1 N–H and O–H groups in total. The van der Waals surface area contributed by atoms with Crippen LogP contribution in [0, 0.1) is 0 Å². The van der Waals surface area contributed by atoms with E-state index in [0.717, 1.165) is 16.9 Å². The Morgan fingerprint density at radius 1 is 1.14 bits per heavy atom. The van der Waals surface area contributed by atoms with Crippen LogP contribution < -0.4 is 10.1 Å². The molecular weight excluding hydrogens is 376 g/mol. The third-order valence-corrected chi connectivity index (χ3v) is 4.86. The van der Waals surface area contributed by atoms with Gasteiger partial charge in [-0.25, -0.2) is 0 Å². The van der Waals surface area contributed by atoms with Gasteiger partial charge >= 0.3 is 0 Å². The van der Waals surface area contributed by atoms with Crippen LogP contribution in [0.1, 0.15) is 22.2 Å². The van der Waals surface area contributed by atoms with Crippen molar-refractivity contribution in [3.63, 3.8) is 0 Å². The number of rotatable bonds is 7.